The van der Waals surface area contributed by atoms with Crippen molar-refractivity contribution >= 4 is 28.0 Å². The van der Waals surface area contributed by atoms with Crippen LogP contribution < -0.4 is 0 Å². The zero-order valence-electron chi connectivity index (χ0n) is 9.21. The van der Waals surface area contributed by atoms with E-state index < -0.39 is 0 Å². The third-order valence-corrected chi connectivity index (χ3v) is 4.88. The molecule has 2 aromatic carbocycles. The second-order valence-electron chi connectivity index (χ2n) is 3.93. The molecule has 0 saturated carbocycles. The summed E-state index contributed by atoms with van der Waals surface area (Å²) in [6.07, 6.45) is 5.11. The van der Waals surface area contributed by atoms with Crippen LogP contribution in [0.5, 0.6) is 0 Å². The molecule has 0 aromatic heterocycles. The summed E-state index contributed by atoms with van der Waals surface area (Å²) in [7, 11) is -0.334. The second-order valence-corrected chi connectivity index (χ2v) is 5.82. The van der Waals surface area contributed by atoms with Gasteiger partial charge in [0.25, 0.3) is 0 Å². The van der Waals surface area contributed by atoms with Crippen LogP contribution in [0.2, 0.25) is 0 Å². The van der Waals surface area contributed by atoms with Crippen LogP contribution in [-0.2, 0) is 0 Å². The molecule has 84 valence electrons. The molecule has 0 spiro atoms. The van der Waals surface area contributed by atoms with Crippen molar-refractivity contribution in [3.63, 3.8) is 0 Å². The minimum Gasteiger partial charge on any atom is -0.298 e. The van der Waals surface area contributed by atoms with Crippen LogP contribution in [-0.4, -0.2) is 6.29 Å². The number of hydrogen-bond donors (Lipinski definition) is 1. The van der Waals surface area contributed by atoms with E-state index in [-0.39, 0.29) is 10.9 Å². The van der Waals surface area contributed by atoms with Gasteiger partial charge in [-0.1, -0.05) is 36.4 Å². The highest BCUT2D eigenvalue weighted by Crippen LogP contribution is 2.45. The molecule has 2 aromatic rings. The molecule has 0 unspecified atom stereocenters. The van der Waals surface area contributed by atoms with E-state index in [0.29, 0.717) is 0 Å². The van der Waals surface area contributed by atoms with Crippen LogP contribution in [0.25, 0.3) is 10.8 Å². The first kappa shape index (κ1) is 10.4. The lowest BCUT2D eigenvalue weighted by molar-refractivity contribution is 0.112. The maximum atomic E-state index is 11.0. The molecule has 0 atom stereocenters. The lowest BCUT2D eigenvalue weighted by atomic mass is 10.1. The third-order valence-electron chi connectivity index (χ3n) is 2.94. The Morgan fingerprint density at radius 2 is 1.59 bits per heavy atom. The van der Waals surface area contributed by atoms with E-state index in [1.54, 1.807) is 0 Å². The number of fused-ring (bicyclic) bond motifs is 1. The summed E-state index contributed by atoms with van der Waals surface area (Å²) >= 11 is 0. The summed E-state index contributed by atoms with van der Waals surface area (Å²) < 4.78 is 0. The number of carbonyl (C=O) groups excluding carboxylic acids is 1. The van der Waals surface area contributed by atoms with Crippen LogP contribution in [0.15, 0.2) is 64.3 Å². The molecule has 1 aliphatic heterocycles. The molecule has 0 amide bonds. The maximum Gasteiger partial charge on any atom is 0.150 e. The Balaban J connectivity index is 2.30. The Morgan fingerprint density at radius 3 is 2.29 bits per heavy atom. The molecular formula is C15H12OS. The van der Waals surface area contributed by atoms with E-state index in [4.69, 9.17) is 0 Å². The SMILES string of the molecule is O=Cc1ccc([SH]2C=CC=C2)c2ccccc12. The summed E-state index contributed by atoms with van der Waals surface area (Å²) in [5.41, 5.74) is 0.770. The number of allylic oxidation sites excluding steroid dienone is 2. The molecule has 17 heavy (non-hydrogen) atoms. The van der Waals surface area contributed by atoms with Gasteiger partial charge in [-0.2, -0.15) is 10.9 Å². The van der Waals surface area contributed by atoms with E-state index >= 15 is 0 Å². The first-order chi connectivity index (χ1) is 8.40. The molecule has 0 saturated heterocycles. The van der Waals surface area contributed by atoms with E-state index in [0.717, 1.165) is 17.2 Å². The van der Waals surface area contributed by atoms with Gasteiger partial charge in [0.1, 0.15) is 0 Å². The maximum absolute atomic E-state index is 11.0. The number of rotatable bonds is 2. The van der Waals surface area contributed by atoms with Crippen molar-refractivity contribution in [1.82, 2.24) is 0 Å². The van der Waals surface area contributed by atoms with Crippen molar-refractivity contribution in [2.45, 2.75) is 4.90 Å². The molecule has 3 rings (SSSR count). The molecule has 0 radical (unpaired) electrons. The number of thiol groups is 1. The van der Waals surface area contributed by atoms with Crippen molar-refractivity contribution in [2.24, 2.45) is 0 Å². The van der Waals surface area contributed by atoms with Gasteiger partial charge in [0.05, 0.1) is 0 Å². The topological polar surface area (TPSA) is 17.1 Å². The van der Waals surface area contributed by atoms with E-state index in [1.807, 2.05) is 24.3 Å². The Kier molecular flexibility index (Phi) is 2.57. The average Bonchev–Trinajstić information content (AvgIpc) is 2.91. The molecule has 2 heteroatoms. The minimum atomic E-state index is -0.334. The highest BCUT2D eigenvalue weighted by Gasteiger charge is 2.09. The van der Waals surface area contributed by atoms with Gasteiger partial charge in [-0.3, -0.25) is 4.79 Å². The lowest BCUT2D eigenvalue weighted by Crippen LogP contribution is -1.86. The lowest BCUT2D eigenvalue weighted by Gasteiger charge is -2.14. The average molecular weight is 240 g/mol. The van der Waals surface area contributed by atoms with Gasteiger partial charge in [0.2, 0.25) is 0 Å². The van der Waals surface area contributed by atoms with Crippen molar-refractivity contribution in [2.75, 3.05) is 0 Å². The second kappa shape index (κ2) is 4.22. The highest BCUT2D eigenvalue weighted by atomic mass is 32.2. The van der Waals surface area contributed by atoms with Gasteiger partial charge in [-0.15, -0.1) is 0 Å². The molecule has 1 nitrogen and oxygen atoms in total. The highest BCUT2D eigenvalue weighted by molar-refractivity contribution is 8.22. The standard InChI is InChI=1S/C15H12OS/c16-11-12-7-8-15(17-9-3-4-10-17)14-6-2-1-5-13(12)14/h1-11,17H. The Morgan fingerprint density at radius 1 is 0.882 bits per heavy atom. The van der Waals surface area contributed by atoms with Gasteiger partial charge in [0.15, 0.2) is 6.29 Å². The van der Waals surface area contributed by atoms with Crippen LogP contribution in [0.4, 0.5) is 0 Å². The quantitative estimate of drug-likeness (QED) is 0.619. The molecule has 0 fully saturated rings. The van der Waals surface area contributed by atoms with Gasteiger partial charge >= 0.3 is 0 Å². The Hall–Kier alpha value is -1.80. The van der Waals surface area contributed by atoms with Crippen LogP contribution in [0.3, 0.4) is 0 Å². The summed E-state index contributed by atoms with van der Waals surface area (Å²) in [5.74, 6) is 0. The van der Waals surface area contributed by atoms with Crippen LogP contribution >= 0.6 is 10.9 Å². The summed E-state index contributed by atoms with van der Waals surface area (Å²) in [6.45, 7) is 0. The predicted octanol–water partition coefficient (Wildman–Crippen LogP) is 4.05. The molecule has 0 bridgehead atoms. The molecule has 0 N–H and O–H groups in total. The monoisotopic (exact) mass is 240 g/mol. The summed E-state index contributed by atoms with van der Waals surface area (Å²) in [4.78, 5) is 12.4. The third kappa shape index (κ3) is 1.71. The molecule has 1 heterocycles. The predicted molar refractivity (Wildman–Crippen MR) is 74.9 cm³/mol. The summed E-state index contributed by atoms with van der Waals surface area (Å²) in [6, 6.07) is 12.1. The fourth-order valence-corrected chi connectivity index (χ4v) is 3.84. The van der Waals surface area contributed by atoms with Crippen molar-refractivity contribution in [3.8, 4) is 0 Å². The van der Waals surface area contributed by atoms with Crippen molar-refractivity contribution < 1.29 is 4.79 Å². The Labute approximate surface area is 103 Å². The fourth-order valence-electron chi connectivity index (χ4n) is 2.13. The van der Waals surface area contributed by atoms with Gasteiger partial charge < -0.3 is 0 Å². The van der Waals surface area contributed by atoms with E-state index in [2.05, 4.69) is 35.1 Å². The normalized spacial score (nSPS) is 15.6. The van der Waals surface area contributed by atoms with E-state index in [1.165, 1.54) is 10.3 Å². The van der Waals surface area contributed by atoms with Crippen LogP contribution in [0.1, 0.15) is 10.4 Å². The molecule has 1 aliphatic rings. The molecule has 0 aliphatic carbocycles. The Bertz CT molecular complexity index is 628. The van der Waals surface area contributed by atoms with Crippen molar-refractivity contribution in [1.29, 1.82) is 0 Å². The van der Waals surface area contributed by atoms with Crippen LogP contribution in [0, 0.1) is 0 Å². The first-order valence-corrected chi connectivity index (χ1v) is 6.98. The fraction of sp³-hybridized carbons (Fsp3) is 0. The van der Waals surface area contributed by atoms with Crippen molar-refractivity contribution in [3.05, 3.63) is 64.9 Å². The number of hydrogen-bond acceptors (Lipinski definition) is 1. The van der Waals surface area contributed by atoms with Gasteiger partial charge in [0, 0.05) is 10.5 Å². The number of aldehydes is 1. The van der Waals surface area contributed by atoms with Gasteiger partial charge in [-0.25, -0.2) is 0 Å². The zero-order valence-corrected chi connectivity index (χ0v) is 10.1. The number of benzene rings is 2. The number of carbonyl (C=O) groups is 1. The first-order valence-electron chi connectivity index (χ1n) is 5.50. The largest absolute Gasteiger partial charge is 0.298 e. The van der Waals surface area contributed by atoms with E-state index in [9.17, 15) is 4.79 Å². The zero-order chi connectivity index (χ0) is 11.7. The summed E-state index contributed by atoms with van der Waals surface area (Å²) in [5, 5.41) is 6.71. The minimum absolute atomic E-state index is 0.334. The molecular weight excluding hydrogens is 228 g/mol. The van der Waals surface area contributed by atoms with Gasteiger partial charge in [-0.05, 0) is 33.7 Å². The smallest absolute Gasteiger partial charge is 0.150 e.